The minimum absolute atomic E-state index is 0.141. The fraction of sp³-hybridized carbons (Fsp3) is 0.269. The Kier molecular flexibility index (Phi) is 5.17. The molecule has 3 heterocycles. The molecule has 1 aliphatic heterocycles. The van der Waals surface area contributed by atoms with Crippen LogP contribution in [0.2, 0.25) is 0 Å². The van der Waals surface area contributed by atoms with Crippen molar-refractivity contribution in [1.82, 2.24) is 20.2 Å². The first kappa shape index (κ1) is 21.9. The quantitative estimate of drug-likeness (QED) is 0.416. The van der Waals surface area contributed by atoms with Crippen LogP contribution in [0.25, 0.3) is 21.3 Å². The molecule has 9 heteroatoms. The van der Waals surface area contributed by atoms with E-state index in [1.807, 2.05) is 11.8 Å². The molecule has 0 radical (unpaired) electrons. The molecular weight excluding hydrogens is 470 g/mol. The molecule has 6 nitrogen and oxygen atoms in total. The number of hydrogen-bond acceptors (Lipinski definition) is 4. The lowest BCUT2D eigenvalue weighted by Crippen LogP contribution is -2.45. The average Bonchev–Trinajstić information content (AvgIpc) is 3.17. The Morgan fingerprint density at radius 1 is 1.14 bits per heavy atom. The monoisotopic (exact) mass is 492 g/mol. The number of carbonyl (C=O) groups excluding carboxylic acids is 2. The first-order valence-corrected chi connectivity index (χ1v) is 12.3. The van der Waals surface area contributed by atoms with Gasteiger partial charge in [0, 0.05) is 23.5 Å². The molecule has 4 aromatic rings. The van der Waals surface area contributed by atoms with Gasteiger partial charge in [0.25, 0.3) is 11.8 Å². The van der Waals surface area contributed by atoms with Crippen LogP contribution < -0.4 is 5.32 Å². The SMILES string of the molecule is Cc1nc(C(=O)N2[C@H](CNC(=O)c3cc4cc(F)ccc4[nH]3)C[C@@H]3C[C@@H]32)c(-c2cccc(F)c2)s1. The number of rotatable bonds is 5. The number of likely N-dealkylation sites (tertiary alicyclic amines) is 1. The van der Waals surface area contributed by atoms with E-state index in [0.29, 0.717) is 45.2 Å². The number of piperidine rings is 1. The van der Waals surface area contributed by atoms with Crippen LogP contribution in [0.15, 0.2) is 48.5 Å². The van der Waals surface area contributed by atoms with E-state index in [-0.39, 0.29) is 35.5 Å². The number of halogens is 2. The zero-order chi connectivity index (χ0) is 24.3. The maximum atomic E-state index is 13.9. The van der Waals surface area contributed by atoms with Crippen LogP contribution in [0, 0.1) is 24.5 Å². The van der Waals surface area contributed by atoms with Gasteiger partial charge in [0.1, 0.15) is 23.0 Å². The first-order valence-electron chi connectivity index (χ1n) is 11.5. The number of hydrogen-bond donors (Lipinski definition) is 2. The molecule has 1 aliphatic carbocycles. The molecule has 0 spiro atoms. The molecule has 0 bridgehead atoms. The van der Waals surface area contributed by atoms with Crippen molar-refractivity contribution in [1.29, 1.82) is 0 Å². The Bertz CT molecular complexity index is 1480. The average molecular weight is 493 g/mol. The lowest BCUT2D eigenvalue weighted by Gasteiger charge is -2.27. The van der Waals surface area contributed by atoms with Crippen molar-refractivity contribution in [2.24, 2.45) is 5.92 Å². The van der Waals surface area contributed by atoms with Crippen molar-refractivity contribution in [3.8, 4) is 10.4 Å². The molecule has 2 aliphatic rings. The molecule has 2 aromatic heterocycles. The van der Waals surface area contributed by atoms with Gasteiger partial charge in [-0.15, -0.1) is 11.3 Å². The largest absolute Gasteiger partial charge is 0.351 e. The Morgan fingerprint density at radius 2 is 1.97 bits per heavy atom. The molecular formula is C26H22F2N4O2S. The van der Waals surface area contributed by atoms with Crippen LogP contribution in [0.5, 0.6) is 0 Å². The smallest absolute Gasteiger partial charge is 0.274 e. The van der Waals surface area contributed by atoms with E-state index in [2.05, 4.69) is 15.3 Å². The summed E-state index contributed by atoms with van der Waals surface area (Å²) in [5.41, 5.74) is 1.99. The summed E-state index contributed by atoms with van der Waals surface area (Å²) >= 11 is 1.37. The number of aromatic amines is 1. The molecule has 2 aromatic carbocycles. The molecule has 178 valence electrons. The predicted molar refractivity (Wildman–Crippen MR) is 129 cm³/mol. The number of aromatic nitrogens is 2. The van der Waals surface area contributed by atoms with E-state index in [0.717, 1.165) is 17.8 Å². The lowest BCUT2D eigenvalue weighted by atomic mass is 10.1. The summed E-state index contributed by atoms with van der Waals surface area (Å²) in [6.07, 6.45) is 1.76. The zero-order valence-electron chi connectivity index (χ0n) is 18.8. The summed E-state index contributed by atoms with van der Waals surface area (Å²) in [6, 6.07) is 12.1. The Labute approximate surface area is 204 Å². The summed E-state index contributed by atoms with van der Waals surface area (Å²) < 4.78 is 27.3. The number of carbonyl (C=O) groups is 2. The molecule has 3 atom stereocenters. The Balaban J connectivity index is 1.21. The lowest BCUT2D eigenvalue weighted by molar-refractivity contribution is 0.0684. The zero-order valence-corrected chi connectivity index (χ0v) is 19.7. The third-order valence-corrected chi connectivity index (χ3v) is 7.81. The van der Waals surface area contributed by atoms with Gasteiger partial charge in [0.15, 0.2) is 0 Å². The maximum absolute atomic E-state index is 13.9. The maximum Gasteiger partial charge on any atom is 0.274 e. The van der Waals surface area contributed by atoms with E-state index in [4.69, 9.17) is 0 Å². The number of fused-ring (bicyclic) bond motifs is 2. The molecule has 2 amide bonds. The highest BCUT2D eigenvalue weighted by molar-refractivity contribution is 7.15. The third kappa shape index (κ3) is 3.99. The molecule has 1 saturated carbocycles. The van der Waals surface area contributed by atoms with Crippen molar-refractivity contribution >= 4 is 34.1 Å². The van der Waals surface area contributed by atoms with Crippen molar-refractivity contribution in [3.63, 3.8) is 0 Å². The van der Waals surface area contributed by atoms with E-state index in [1.54, 1.807) is 24.3 Å². The number of amides is 2. The van der Waals surface area contributed by atoms with Gasteiger partial charge in [0.2, 0.25) is 0 Å². The number of nitrogens with one attached hydrogen (secondary N) is 2. The summed E-state index contributed by atoms with van der Waals surface area (Å²) in [4.78, 5) is 36.5. The number of thiazole rings is 1. The molecule has 1 saturated heterocycles. The van der Waals surface area contributed by atoms with E-state index in [1.165, 1.54) is 35.6 Å². The summed E-state index contributed by atoms with van der Waals surface area (Å²) in [5.74, 6) is -0.791. The first-order chi connectivity index (χ1) is 16.9. The predicted octanol–water partition coefficient (Wildman–Crippen LogP) is 4.91. The Hall–Kier alpha value is -3.59. The molecule has 0 unspecified atom stereocenters. The second-order valence-electron chi connectivity index (χ2n) is 9.21. The topological polar surface area (TPSA) is 78.1 Å². The van der Waals surface area contributed by atoms with Gasteiger partial charge in [-0.05, 0) is 67.6 Å². The number of benzene rings is 2. The van der Waals surface area contributed by atoms with Gasteiger partial charge in [-0.25, -0.2) is 13.8 Å². The van der Waals surface area contributed by atoms with Crippen LogP contribution in [-0.2, 0) is 0 Å². The van der Waals surface area contributed by atoms with Crippen LogP contribution in [0.4, 0.5) is 8.78 Å². The van der Waals surface area contributed by atoms with Crippen molar-refractivity contribution in [3.05, 3.63) is 76.6 Å². The van der Waals surface area contributed by atoms with Crippen LogP contribution in [-0.4, -0.2) is 45.3 Å². The minimum Gasteiger partial charge on any atom is -0.351 e. The van der Waals surface area contributed by atoms with Crippen molar-refractivity contribution in [2.75, 3.05) is 6.54 Å². The van der Waals surface area contributed by atoms with Crippen LogP contribution in [0.1, 0.15) is 38.8 Å². The highest BCUT2D eigenvalue weighted by atomic mass is 32.1. The minimum atomic E-state index is -0.365. The van der Waals surface area contributed by atoms with Crippen LogP contribution >= 0.6 is 11.3 Å². The number of H-pyrrole nitrogens is 1. The van der Waals surface area contributed by atoms with Gasteiger partial charge in [-0.1, -0.05) is 12.1 Å². The van der Waals surface area contributed by atoms with Gasteiger partial charge >= 0.3 is 0 Å². The third-order valence-electron chi connectivity index (χ3n) is 6.79. The van der Waals surface area contributed by atoms with Crippen molar-refractivity contribution < 1.29 is 18.4 Å². The fourth-order valence-electron chi connectivity index (χ4n) is 5.11. The number of aryl methyl sites for hydroxylation is 1. The summed E-state index contributed by atoms with van der Waals surface area (Å²) in [7, 11) is 0. The molecule has 6 rings (SSSR count). The summed E-state index contributed by atoms with van der Waals surface area (Å²) in [5, 5.41) is 4.29. The Morgan fingerprint density at radius 3 is 2.80 bits per heavy atom. The second-order valence-corrected chi connectivity index (χ2v) is 10.4. The van der Waals surface area contributed by atoms with Gasteiger partial charge in [-0.3, -0.25) is 9.59 Å². The molecule has 2 fully saturated rings. The van der Waals surface area contributed by atoms with Gasteiger partial charge < -0.3 is 15.2 Å². The molecule has 2 N–H and O–H groups in total. The van der Waals surface area contributed by atoms with Gasteiger partial charge in [0.05, 0.1) is 15.9 Å². The highest BCUT2D eigenvalue weighted by Gasteiger charge is 2.54. The van der Waals surface area contributed by atoms with Crippen molar-refractivity contribution in [2.45, 2.75) is 31.8 Å². The van der Waals surface area contributed by atoms with E-state index in [9.17, 15) is 18.4 Å². The fourth-order valence-corrected chi connectivity index (χ4v) is 6.02. The summed E-state index contributed by atoms with van der Waals surface area (Å²) in [6.45, 7) is 2.14. The normalized spacial score (nSPS) is 20.8. The van der Waals surface area contributed by atoms with E-state index < -0.39 is 0 Å². The van der Waals surface area contributed by atoms with Gasteiger partial charge in [-0.2, -0.15) is 0 Å². The standard InChI is InChI=1S/C26H22F2N4O2S/c1-13-30-23(24(35-13)14-3-2-4-17(27)7-14)26(34)32-19(9-16-11-22(16)32)12-29-25(33)21-10-15-8-18(28)5-6-20(15)31-21/h2-8,10,16,19,22,31H,9,11-12H2,1H3,(H,29,33)/t16-,19+,22+/m1/s1. The van der Waals surface area contributed by atoms with E-state index >= 15 is 0 Å². The molecule has 35 heavy (non-hydrogen) atoms. The second kappa shape index (κ2) is 8.27. The highest BCUT2D eigenvalue weighted by Crippen LogP contribution is 2.48. The van der Waals surface area contributed by atoms with Crippen LogP contribution in [0.3, 0.4) is 0 Å². The number of nitrogens with zero attached hydrogens (tertiary/aromatic N) is 2.